The summed E-state index contributed by atoms with van der Waals surface area (Å²) in [5.41, 5.74) is 0.480. The number of carbonyl (C=O) groups excluding carboxylic acids is 2. The van der Waals surface area contributed by atoms with Gasteiger partial charge in [0.25, 0.3) is 10.0 Å². The average molecular weight is 653 g/mol. The number of amides is 2. The second-order valence-electron chi connectivity index (χ2n) is 9.86. The van der Waals surface area contributed by atoms with Crippen LogP contribution in [0.1, 0.15) is 46.1 Å². The molecule has 0 bridgehead atoms. The van der Waals surface area contributed by atoms with Gasteiger partial charge in [-0.3, -0.25) is 13.9 Å². The highest BCUT2D eigenvalue weighted by molar-refractivity contribution is 7.92. The Morgan fingerprint density at radius 2 is 1.53 bits per heavy atom. The van der Waals surface area contributed by atoms with Crippen LogP contribution in [0, 0.1) is 5.82 Å². The summed E-state index contributed by atoms with van der Waals surface area (Å²) in [5, 5.41) is 3.49. The first-order valence-corrected chi connectivity index (χ1v) is 16.2. The highest BCUT2D eigenvalue weighted by atomic mass is 35.5. The molecule has 3 rings (SSSR count). The Hall–Kier alpha value is -3.34. The molecule has 43 heavy (non-hydrogen) atoms. The zero-order chi connectivity index (χ0) is 31.7. The first-order chi connectivity index (χ1) is 20.4. The summed E-state index contributed by atoms with van der Waals surface area (Å²) in [4.78, 5) is 28.7. The van der Waals surface area contributed by atoms with E-state index in [2.05, 4.69) is 5.32 Å². The maximum absolute atomic E-state index is 14.2. The van der Waals surface area contributed by atoms with E-state index in [1.165, 1.54) is 41.3 Å². The second kappa shape index (κ2) is 15.4. The first-order valence-electron chi connectivity index (χ1n) is 14.0. The van der Waals surface area contributed by atoms with Gasteiger partial charge < -0.3 is 15.0 Å². The van der Waals surface area contributed by atoms with Crippen LogP contribution in [0.2, 0.25) is 10.0 Å². The van der Waals surface area contributed by atoms with E-state index in [1.807, 2.05) is 13.8 Å². The van der Waals surface area contributed by atoms with E-state index in [1.54, 1.807) is 32.0 Å². The number of halogens is 3. The normalized spacial score (nSPS) is 12.7. The van der Waals surface area contributed by atoms with Crippen LogP contribution in [0.3, 0.4) is 0 Å². The van der Waals surface area contributed by atoms with Crippen molar-refractivity contribution in [1.82, 2.24) is 10.2 Å². The van der Waals surface area contributed by atoms with Crippen molar-refractivity contribution in [3.63, 3.8) is 0 Å². The molecule has 0 aliphatic heterocycles. The highest BCUT2D eigenvalue weighted by Gasteiger charge is 2.34. The summed E-state index contributed by atoms with van der Waals surface area (Å²) in [6.07, 6.45) is 0.906. The number of benzene rings is 3. The average Bonchev–Trinajstić information content (AvgIpc) is 2.98. The van der Waals surface area contributed by atoms with E-state index in [-0.39, 0.29) is 29.6 Å². The zero-order valence-corrected chi connectivity index (χ0v) is 26.8. The molecule has 0 saturated carbocycles. The molecule has 3 aromatic carbocycles. The fourth-order valence-corrected chi connectivity index (χ4v) is 6.28. The van der Waals surface area contributed by atoms with E-state index >= 15 is 0 Å². The monoisotopic (exact) mass is 651 g/mol. The molecule has 12 heteroatoms. The van der Waals surface area contributed by atoms with Crippen molar-refractivity contribution in [2.75, 3.05) is 17.5 Å². The molecule has 0 saturated heterocycles. The molecule has 3 aromatic rings. The van der Waals surface area contributed by atoms with E-state index in [9.17, 15) is 22.4 Å². The number of hydrogen-bond acceptors (Lipinski definition) is 5. The number of hydrogen-bond donors (Lipinski definition) is 1. The topological polar surface area (TPSA) is 96.0 Å². The molecule has 2 amide bonds. The van der Waals surface area contributed by atoms with Gasteiger partial charge >= 0.3 is 0 Å². The van der Waals surface area contributed by atoms with Crippen LogP contribution >= 0.6 is 23.2 Å². The lowest BCUT2D eigenvalue weighted by molar-refractivity contribution is -0.140. The van der Waals surface area contributed by atoms with Crippen molar-refractivity contribution in [2.24, 2.45) is 0 Å². The molecule has 0 radical (unpaired) electrons. The van der Waals surface area contributed by atoms with Gasteiger partial charge in [-0.1, -0.05) is 43.1 Å². The Morgan fingerprint density at radius 3 is 2.07 bits per heavy atom. The van der Waals surface area contributed by atoms with Gasteiger partial charge in [0.15, 0.2) is 0 Å². The lowest BCUT2D eigenvalue weighted by atomic mass is 10.1. The Bertz CT molecular complexity index is 1480. The number of nitrogens with zero attached hydrogens (tertiary/aromatic N) is 2. The van der Waals surface area contributed by atoms with Crippen LogP contribution in [0.15, 0.2) is 71.6 Å². The number of nitrogens with one attached hydrogen (secondary N) is 1. The molecule has 0 fully saturated rings. The SMILES string of the molecule is CCOc1ccc(S(=O)(=O)N(CC(=O)N(Cc2c(Cl)cccc2Cl)[C@@H](CC)C(=O)N[C@H](C)CC)c2ccc(F)cc2)cc1. The van der Waals surface area contributed by atoms with Gasteiger partial charge in [-0.15, -0.1) is 0 Å². The highest BCUT2D eigenvalue weighted by Crippen LogP contribution is 2.29. The van der Waals surface area contributed by atoms with Crippen LogP contribution < -0.4 is 14.4 Å². The molecule has 232 valence electrons. The maximum atomic E-state index is 14.2. The van der Waals surface area contributed by atoms with E-state index in [4.69, 9.17) is 27.9 Å². The van der Waals surface area contributed by atoms with Crippen molar-refractivity contribution in [2.45, 2.75) is 64.1 Å². The van der Waals surface area contributed by atoms with Crippen molar-refractivity contribution in [1.29, 1.82) is 0 Å². The second-order valence-corrected chi connectivity index (χ2v) is 12.5. The van der Waals surface area contributed by atoms with E-state index in [0.717, 1.165) is 16.4 Å². The molecular formula is C31H36Cl2FN3O5S. The molecule has 2 atom stereocenters. The molecular weight excluding hydrogens is 616 g/mol. The number of anilines is 1. The van der Waals surface area contributed by atoms with E-state index in [0.29, 0.717) is 34.4 Å². The van der Waals surface area contributed by atoms with Crippen LogP contribution in [-0.2, 0) is 26.2 Å². The minimum atomic E-state index is -4.34. The van der Waals surface area contributed by atoms with Gasteiger partial charge in [-0.2, -0.15) is 0 Å². The van der Waals surface area contributed by atoms with Gasteiger partial charge in [0, 0.05) is 28.2 Å². The quantitative estimate of drug-likeness (QED) is 0.216. The molecule has 1 N–H and O–H groups in total. The molecule has 0 aliphatic rings. The Kier molecular flexibility index (Phi) is 12.2. The fourth-order valence-electron chi connectivity index (χ4n) is 4.35. The Morgan fingerprint density at radius 1 is 0.930 bits per heavy atom. The number of carbonyl (C=O) groups is 2. The van der Waals surface area contributed by atoms with Crippen molar-refractivity contribution < 1.29 is 27.1 Å². The lowest BCUT2D eigenvalue weighted by Crippen LogP contribution is -2.53. The third-order valence-electron chi connectivity index (χ3n) is 6.89. The lowest BCUT2D eigenvalue weighted by Gasteiger charge is -2.34. The van der Waals surface area contributed by atoms with Gasteiger partial charge in [0.2, 0.25) is 11.8 Å². The molecule has 0 aliphatic carbocycles. The summed E-state index contributed by atoms with van der Waals surface area (Å²) in [5.74, 6) is -1.17. The first kappa shape index (κ1) is 34.2. The van der Waals surface area contributed by atoms with Crippen molar-refractivity contribution >= 4 is 50.7 Å². The largest absolute Gasteiger partial charge is 0.494 e. The van der Waals surface area contributed by atoms with Crippen LogP contribution in [-0.4, -0.2) is 50.4 Å². The molecule has 0 aromatic heterocycles. The summed E-state index contributed by atoms with van der Waals surface area (Å²) < 4.78 is 48.1. The maximum Gasteiger partial charge on any atom is 0.264 e. The summed E-state index contributed by atoms with van der Waals surface area (Å²) >= 11 is 12.9. The van der Waals surface area contributed by atoms with Crippen LogP contribution in [0.4, 0.5) is 10.1 Å². The minimum absolute atomic E-state index is 0.0662. The fraction of sp³-hybridized carbons (Fsp3) is 0.355. The minimum Gasteiger partial charge on any atom is -0.494 e. The van der Waals surface area contributed by atoms with E-state index < -0.39 is 40.2 Å². The molecule has 0 spiro atoms. The van der Waals surface area contributed by atoms with Crippen LogP contribution in [0.5, 0.6) is 5.75 Å². The van der Waals surface area contributed by atoms with Gasteiger partial charge in [-0.25, -0.2) is 12.8 Å². The summed E-state index contributed by atoms with van der Waals surface area (Å²) in [6.45, 7) is 6.90. The van der Waals surface area contributed by atoms with Crippen LogP contribution in [0.25, 0.3) is 0 Å². The number of sulfonamides is 1. The molecule has 0 unspecified atom stereocenters. The zero-order valence-electron chi connectivity index (χ0n) is 24.5. The van der Waals surface area contributed by atoms with Gasteiger partial charge in [0.1, 0.15) is 24.2 Å². The number of ether oxygens (including phenoxy) is 1. The Balaban J connectivity index is 2.09. The summed E-state index contributed by atoms with van der Waals surface area (Å²) in [7, 11) is -4.34. The summed E-state index contributed by atoms with van der Waals surface area (Å²) in [6, 6.07) is 14.3. The molecule has 0 heterocycles. The smallest absolute Gasteiger partial charge is 0.264 e. The standard InChI is InChI=1S/C31H36Cl2FN3O5S/c1-5-21(4)35-31(39)29(6-2)36(19-26-27(32)9-8-10-28(26)33)30(38)20-37(23-13-11-22(34)12-14-23)43(40,41)25-17-15-24(16-18-25)42-7-3/h8-18,21,29H,5-7,19-20H2,1-4H3,(H,35,39)/t21-,29+/m1/s1. The molecule has 8 nitrogen and oxygen atoms in total. The van der Waals surface area contributed by atoms with Gasteiger partial charge in [-0.05, 0) is 87.4 Å². The van der Waals surface area contributed by atoms with Crippen molar-refractivity contribution in [3.05, 3.63) is 88.2 Å². The predicted octanol–water partition coefficient (Wildman–Crippen LogP) is 6.45. The predicted molar refractivity (Wildman–Crippen MR) is 168 cm³/mol. The third kappa shape index (κ3) is 8.61. The Labute approximate surface area is 262 Å². The number of rotatable bonds is 14. The van der Waals surface area contributed by atoms with Crippen molar-refractivity contribution in [3.8, 4) is 5.75 Å². The third-order valence-corrected chi connectivity index (χ3v) is 9.39. The van der Waals surface area contributed by atoms with Gasteiger partial charge in [0.05, 0.1) is 17.2 Å².